The lowest BCUT2D eigenvalue weighted by Crippen LogP contribution is -2.10. The Morgan fingerprint density at radius 3 is 2.36 bits per heavy atom. The summed E-state index contributed by atoms with van der Waals surface area (Å²) in [7, 11) is 0. The number of carbonyl (C=O) groups is 1. The Kier molecular flexibility index (Phi) is 6.90. The highest BCUT2D eigenvalue weighted by Gasteiger charge is 2.32. The maximum Gasteiger partial charge on any atom is 0.360 e. The number of nitro benzene ring substituents is 2. The van der Waals surface area contributed by atoms with Crippen molar-refractivity contribution < 1.29 is 24.5 Å². The van der Waals surface area contributed by atoms with Crippen LogP contribution in [0.1, 0.15) is 36.0 Å². The topological polar surface area (TPSA) is 133 Å². The standard InChI is InChI=1S/C13H16N2O7/c16-8-3-1-2-4-9-22-13(17)10-6-5-7-11(14(18)19)12(10)15(20)21/h5-7,16H,1-4,8-9H2. The smallest absolute Gasteiger partial charge is 0.360 e. The molecule has 9 heteroatoms. The van der Waals surface area contributed by atoms with Crippen LogP contribution < -0.4 is 0 Å². The van der Waals surface area contributed by atoms with Gasteiger partial charge in [-0.25, -0.2) is 4.79 Å². The number of ether oxygens (including phenoxy) is 1. The number of rotatable bonds is 9. The Labute approximate surface area is 125 Å². The number of para-hydroxylation sites is 1. The quantitative estimate of drug-likeness (QED) is 0.320. The van der Waals surface area contributed by atoms with Crippen LogP contribution >= 0.6 is 0 Å². The van der Waals surface area contributed by atoms with Crippen LogP contribution in [0.4, 0.5) is 11.4 Å². The normalized spacial score (nSPS) is 10.2. The van der Waals surface area contributed by atoms with Crippen LogP contribution in [-0.2, 0) is 4.74 Å². The Bertz CT molecular complexity index is 559. The third-order valence-corrected chi connectivity index (χ3v) is 2.90. The zero-order chi connectivity index (χ0) is 16.5. The van der Waals surface area contributed by atoms with Crippen molar-refractivity contribution in [2.24, 2.45) is 0 Å². The fourth-order valence-corrected chi connectivity index (χ4v) is 1.85. The second-order valence-corrected chi connectivity index (χ2v) is 4.46. The van der Waals surface area contributed by atoms with E-state index in [0.29, 0.717) is 12.8 Å². The number of nitrogens with zero attached hydrogens (tertiary/aromatic N) is 2. The fourth-order valence-electron chi connectivity index (χ4n) is 1.85. The molecule has 0 amide bonds. The first-order valence-electron chi connectivity index (χ1n) is 6.68. The molecule has 0 saturated carbocycles. The van der Waals surface area contributed by atoms with E-state index in [1.807, 2.05) is 0 Å². The highest BCUT2D eigenvalue weighted by molar-refractivity contribution is 5.95. The Hall–Kier alpha value is -2.55. The zero-order valence-corrected chi connectivity index (χ0v) is 11.8. The van der Waals surface area contributed by atoms with E-state index in [1.54, 1.807) is 0 Å². The molecule has 0 aliphatic carbocycles. The molecule has 0 unspecified atom stereocenters. The summed E-state index contributed by atoms with van der Waals surface area (Å²) in [4.78, 5) is 31.7. The van der Waals surface area contributed by atoms with Gasteiger partial charge in [-0.1, -0.05) is 12.5 Å². The highest BCUT2D eigenvalue weighted by Crippen LogP contribution is 2.30. The van der Waals surface area contributed by atoms with E-state index < -0.39 is 32.8 Å². The summed E-state index contributed by atoms with van der Waals surface area (Å²) in [5.41, 5.74) is -2.05. The van der Waals surface area contributed by atoms with E-state index >= 15 is 0 Å². The summed E-state index contributed by atoms with van der Waals surface area (Å²) in [6.45, 7) is 0.157. The molecule has 0 spiro atoms. The number of nitro groups is 2. The molecule has 0 heterocycles. The maximum absolute atomic E-state index is 11.8. The molecule has 9 nitrogen and oxygen atoms in total. The number of hydrogen-bond acceptors (Lipinski definition) is 7. The molecule has 1 aromatic carbocycles. The van der Waals surface area contributed by atoms with Crippen LogP contribution in [0.2, 0.25) is 0 Å². The Morgan fingerprint density at radius 1 is 1.09 bits per heavy atom. The molecule has 0 aromatic heterocycles. The first kappa shape index (κ1) is 17.5. The van der Waals surface area contributed by atoms with E-state index in [2.05, 4.69) is 0 Å². The molecule has 120 valence electrons. The average molecular weight is 312 g/mol. The maximum atomic E-state index is 11.8. The molecular weight excluding hydrogens is 296 g/mol. The molecule has 0 bridgehead atoms. The van der Waals surface area contributed by atoms with Crippen molar-refractivity contribution in [2.45, 2.75) is 25.7 Å². The van der Waals surface area contributed by atoms with Gasteiger partial charge in [-0.2, -0.15) is 0 Å². The molecular formula is C13H16N2O7. The average Bonchev–Trinajstić information content (AvgIpc) is 2.49. The number of unbranched alkanes of at least 4 members (excludes halogenated alkanes) is 3. The molecule has 0 saturated heterocycles. The van der Waals surface area contributed by atoms with E-state index in [1.165, 1.54) is 6.07 Å². The predicted octanol–water partition coefficient (Wildman–Crippen LogP) is 2.21. The van der Waals surface area contributed by atoms with Crippen LogP contribution in [-0.4, -0.2) is 34.1 Å². The molecule has 0 atom stereocenters. The van der Waals surface area contributed by atoms with Crippen molar-refractivity contribution in [3.63, 3.8) is 0 Å². The van der Waals surface area contributed by atoms with Gasteiger partial charge in [0.05, 0.1) is 16.5 Å². The number of esters is 1. The third-order valence-electron chi connectivity index (χ3n) is 2.90. The summed E-state index contributed by atoms with van der Waals surface area (Å²) in [6.07, 6.45) is 2.73. The number of aliphatic hydroxyl groups is 1. The molecule has 1 rings (SSSR count). The number of carbonyl (C=O) groups excluding carboxylic acids is 1. The fraction of sp³-hybridized carbons (Fsp3) is 0.462. The van der Waals surface area contributed by atoms with E-state index in [4.69, 9.17) is 9.84 Å². The van der Waals surface area contributed by atoms with E-state index in [9.17, 15) is 25.0 Å². The number of benzene rings is 1. The molecule has 0 radical (unpaired) electrons. The summed E-state index contributed by atoms with van der Waals surface area (Å²) < 4.78 is 4.91. The second kappa shape index (κ2) is 8.67. The molecule has 1 aromatic rings. The van der Waals surface area contributed by atoms with Crippen LogP contribution in [0.25, 0.3) is 0 Å². The lowest BCUT2D eigenvalue weighted by molar-refractivity contribution is -0.422. The first-order valence-corrected chi connectivity index (χ1v) is 6.68. The lowest BCUT2D eigenvalue weighted by Gasteiger charge is -2.05. The first-order chi connectivity index (χ1) is 10.5. The molecule has 1 N–H and O–H groups in total. The molecule has 0 fully saturated rings. The number of aliphatic hydroxyl groups excluding tert-OH is 1. The van der Waals surface area contributed by atoms with Crippen LogP contribution in [0.5, 0.6) is 0 Å². The van der Waals surface area contributed by atoms with Crippen LogP contribution in [0.3, 0.4) is 0 Å². The highest BCUT2D eigenvalue weighted by atomic mass is 16.6. The van der Waals surface area contributed by atoms with Crippen LogP contribution in [0, 0.1) is 20.2 Å². The van der Waals surface area contributed by atoms with Gasteiger partial charge in [0.15, 0.2) is 0 Å². The minimum Gasteiger partial charge on any atom is -0.462 e. The van der Waals surface area contributed by atoms with Gasteiger partial charge >= 0.3 is 17.3 Å². The summed E-state index contributed by atoms with van der Waals surface area (Å²) in [6, 6.07) is 3.28. The van der Waals surface area contributed by atoms with Crippen molar-refractivity contribution in [1.29, 1.82) is 0 Å². The minimum absolute atomic E-state index is 0.0596. The van der Waals surface area contributed by atoms with Gasteiger partial charge in [0.2, 0.25) is 0 Å². The second-order valence-electron chi connectivity index (χ2n) is 4.46. The van der Waals surface area contributed by atoms with Crippen molar-refractivity contribution in [3.8, 4) is 0 Å². The zero-order valence-electron chi connectivity index (χ0n) is 11.8. The van der Waals surface area contributed by atoms with Gasteiger partial charge in [-0.05, 0) is 25.3 Å². The van der Waals surface area contributed by atoms with Crippen molar-refractivity contribution in [2.75, 3.05) is 13.2 Å². The van der Waals surface area contributed by atoms with Crippen molar-refractivity contribution in [1.82, 2.24) is 0 Å². The molecule has 22 heavy (non-hydrogen) atoms. The van der Waals surface area contributed by atoms with Gasteiger partial charge in [0.1, 0.15) is 5.56 Å². The number of hydrogen-bond donors (Lipinski definition) is 1. The lowest BCUT2D eigenvalue weighted by atomic mass is 10.1. The Morgan fingerprint density at radius 2 is 1.77 bits per heavy atom. The SMILES string of the molecule is O=C(OCCCCCCO)c1cccc([N+](=O)[O-])c1[N+](=O)[O-]. The summed E-state index contributed by atoms with van der Waals surface area (Å²) >= 11 is 0. The minimum atomic E-state index is -0.962. The predicted molar refractivity (Wildman–Crippen MR) is 75.6 cm³/mol. The molecule has 0 aliphatic rings. The van der Waals surface area contributed by atoms with Crippen LogP contribution in [0.15, 0.2) is 18.2 Å². The van der Waals surface area contributed by atoms with Gasteiger partial charge in [0.25, 0.3) is 0 Å². The Balaban J connectivity index is 2.75. The van der Waals surface area contributed by atoms with Crippen molar-refractivity contribution >= 4 is 17.3 Å². The van der Waals surface area contributed by atoms with E-state index in [-0.39, 0.29) is 13.2 Å². The van der Waals surface area contributed by atoms with Gasteiger partial charge in [0, 0.05) is 12.7 Å². The van der Waals surface area contributed by atoms with Crippen molar-refractivity contribution in [3.05, 3.63) is 44.0 Å². The largest absolute Gasteiger partial charge is 0.462 e. The van der Waals surface area contributed by atoms with E-state index in [0.717, 1.165) is 25.0 Å². The summed E-state index contributed by atoms with van der Waals surface area (Å²) in [5, 5.41) is 30.4. The van der Waals surface area contributed by atoms with Gasteiger partial charge < -0.3 is 9.84 Å². The van der Waals surface area contributed by atoms with Gasteiger partial charge in [-0.15, -0.1) is 0 Å². The summed E-state index contributed by atoms with van der Waals surface area (Å²) in [5.74, 6) is -0.961. The monoisotopic (exact) mass is 312 g/mol. The molecule has 0 aliphatic heterocycles. The van der Waals surface area contributed by atoms with Gasteiger partial charge in [-0.3, -0.25) is 20.2 Å². The third kappa shape index (κ3) is 4.77.